The van der Waals surface area contributed by atoms with Crippen molar-refractivity contribution in [3.8, 4) is 5.75 Å². The van der Waals surface area contributed by atoms with Crippen LogP contribution < -0.4 is 4.74 Å². The van der Waals surface area contributed by atoms with Gasteiger partial charge >= 0.3 is 6.61 Å². The lowest BCUT2D eigenvalue weighted by molar-refractivity contribution is -0.115. The molecule has 0 N–H and O–H groups in total. The van der Waals surface area contributed by atoms with Crippen LogP contribution in [0.1, 0.15) is 5.56 Å². The zero-order chi connectivity index (χ0) is 12.1. The first-order valence-corrected chi connectivity index (χ1v) is 6.24. The summed E-state index contributed by atoms with van der Waals surface area (Å²) in [5, 5.41) is 0.241. The maximum atomic E-state index is 12.0. The van der Waals surface area contributed by atoms with Crippen LogP contribution in [-0.2, 0) is 11.2 Å². The van der Waals surface area contributed by atoms with Gasteiger partial charge < -0.3 is 4.74 Å². The molecule has 0 aliphatic heterocycles. The summed E-state index contributed by atoms with van der Waals surface area (Å²) in [5.41, 5.74) is 0.634. The molecule has 1 rings (SSSR count). The van der Waals surface area contributed by atoms with Crippen LogP contribution in [0.4, 0.5) is 8.78 Å². The molecule has 1 aromatic carbocycles. The Morgan fingerprint density at radius 1 is 1.38 bits per heavy atom. The second-order valence-electron chi connectivity index (χ2n) is 3.02. The van der Waals surface area contributed by atoms with Crippen molar-refractivity contribution in [1.29, 1.82) is 0 Å². The van der Waals surface area contributed by atoms with E-state index in [0.29, 0.717) is 10.0 Å². The van der Waals surface area contributed by atoms with Crippen LogP contribution in [0.2, 0.25) is 0 Å². The number of carbonyl (C=O) groups excluding carboxylic acids is 1. The predicted octanol–water partition coefficient (Wildman–Crippen LogP) is 3.56. The Labute approximate surface area is 108 Å². The van der Waals surface area contributed by atoms with E-state index < -0.39 is 6.61 Å². The lowest BCUT2D eigenvalue weighted by atomic mass is 10.1. The molecule has 0 aromatic heterocycles. The summed E-state index contributed by atoms with van der Waals surface area (Å²) in [4.78, 5) is 11.2. The maximum Gasteiger partial charge on any atom is 0.387 e. The van der Waals surface area contributed by atoms with Crippen LogP contribution in [0, 0.1) is 0 Å². The zero-order valence-corrected chi connectivity index (χ0v) is 11.2. The highest BCUT2D eigenvalue weighted by Crippen LogP contribution is 2.23. The minimum Gasteiger partial charge on any atom is -0.435 e. The van der Waals surface area contributed by atoms with Crippen molar-refractivity contribution in [1.82, 2.24) is 0 Å². The molecule has 0 bridgehead atoms. The number of ketones is 1. The highest BCUT2D eigenvalue weighted by Gasteiger charge is 2.08. The average Bonchev–Trinajstić information content (AvgIpc) is 2.15. The van der Waals surface area contributed by atoms with Gasteiger partial charge in [0.15, 0.2) is 0 Å². The number of halogens is 4. The third kappa shape index (κ3) is 4.57. The number of Topliss-reactive ketones (excluding diaryl/α,β-unsaturated/α-hetero) is 1. The van der Waals surface area contributed by atoms with Gasteiger partial charge in [0.1, 0.15) is 11.5 Å². The lowest BCUT2D eigenvalue weighted by Crippen LogP contribution is -2.05. The number of rotatable bonds is 5. The number of alkyl halides is 3. The monoisotopic (exact) mass is 356 g/mol. The van der Waals surface area contributed by atoms with Gasteiger partial charge in [-0.3, -0.25) is 4.79 Å². The summed E-state index contributed by atoms with van der Waals surface area (Å²) < 4.78 is 28.9. The number of benzene rings is 1. The Bertz CT molecular complexity index is 383. The van der Waals surface area contributed by atoms with Crippen molar-refractivity contribution >= 4 is 37.6 Å². The summed E-state index contributed by atoms with van der Waals surface area (Å²) >= 11 is 6.20. The van der Waals surface area contributed by atoms with Crippen molar-refractivity contribution in [2.45, 2.75) is 13.0 Å². The molecule has 0 amide bonds. The molecule has 0 spiro atoms. The molecule has 1 aromatic rings. The molecule has 0 unspecified atom stereocenters. The molecule has 88 valence electrons. The maximum absolute atomic E-state index is 12.0. The molecule has 0 saturated carbocycles. The van der Waals surface area contributed by atoms with Crippen LogP contribution in [0.5, 0.6) is 5.75 Å². The molecule has 0 fully saturated rings. The highest BCUT2D eigenvalue weighted by atomic mass is 79.9. The molecule has 0 atom stereocenters. The van der Waals surface area contributed by atoms with E-state index in [9.17, 15) is 13.6 Å². The molecule has 0 saturated heterocycles. The summed E-state index contributed by atoms with van der Waals surface area (Å²) in [5.74, 6) is 0.0165. The second-order valence-corrected chi connectivity index (χ2v) is 4.50. The number of hydrogen-bond acceptors (Lipinski definition) is 2. The fourth-order valence-corrected chi connectivity index (χ4v) is 1.89. The van der Waals surface area contributed by atoms with Crippen LogP contribution in [-0.4, -0.2) is 17.7 Å². The molecule has 0 aliphatic rings. The molecular weight excluding hydrogens is 350 g/mol. The summed E-state index contributed by atoms with van der Waals surface area (Å²) in [6.45, 7) is -2.87. The predicted molar refractivity (Wildman–Crippen MR) is 63.3 cm³/mol. The Kier molecular flexibility index (Phi) is 5.34. The van der Waals surface area contributed by atoms with E-state index in [1.807, 2.05) is 0 Å². The van der Waals surface area contributed by atoms with Gasteiger partial charge in [-0.1, -0.05) is 31.9 Å². The summed E-state index contributed by atoms with van der Waals surface area (Å²) in [7, 11) is 0. The van der Waals surface area contributed by atoms with Gasteiger partial charge in [-0.2, -0.15) is 8.78 Å². The molecule has 16 heavy (non-hydrogen) atoms. The van der Waals surface area contributed by atoms with Gasteiger partial charge in [0, 0.05) is 10.9 Å². The van der Waals surface area contributed by atoms with Gasteiger partial charge in [0.2, 0.25) is 0 Å². The van der Waals surface area contributed by atoms with Gasteiger partial charge in [-0.25, -0.2) is 0 Å². The first-order valence-electron chi connectivity index (χ1n) is 4.33. The quantitative estimate of drug-likeness (QED) is 0.753. The van der Waals surface area contributed by atoms with E-state index in [0.717, 1.165) is 0 Å². The molecular formula is C10H8Br2F2O2. The molecule has 0 aliphatic carbocycles. The Morgan fingerprint density at radius 2 is 2.06 bits per heavy atom. The van der Waals surface area contributed by atoms with E-state index in [-0.39, 0.29) is 23.3 Å². The second kappa shape index (κ2) is 6.30. The topological polar surface area (TPSA) is 26.3 Å². The fourth-order valence-electron chi connectivity index (χ4n) is 1.17. The van der Waals surface area contributed by atoms with Crippen molar-refractivity contribution in [2.24, 2.45) is 0 Å². The van der Waals surface area contributed by atoms with Crippen LogP contribution in [0.25, 0.3) is 0 Å². The van der Waals surface area contributed by atoms with Gasteiger partial charge in [-0.15, -0.1) is 0 Å². The van der Waals surface area contributed by atoms with E-state index >= 15 is 0 Å². The largest absolute Gasteiger partial charge is 0.435 e. The first-order chi connectivity index (χ1) is 7.51. The van der Waals surface area contributed by atoms with Gasteiger partial charge in [0.05, 0.1) is 5.33 Å². The Hall–Kier alpha value is -0.490. The minimum atomic E-state index is -2.87. The minimum absolute atomic E-state index is 0.0268. The van der Waals surface area contributed by atoms with Gasteiger partial charge in [0.25, 0.3) is 0 Å². The van der Waals surface area contributed by atoms with Crippen LogP contribution in [0.15, 0.2) is 22.7 Å². The van der Waals surface area contributed by atoms with Crippen LogP contribution in [0.3, 0.4) is 0 Å². The van der Waals surface area contributed by atoms with Gasteiger partial charge in [-0.05, 0) is 23.8 Å². The molecule has 2 nitrogen and oxygen atoms in total. The summed E-state index contributed by atoms with van der Waals surface area (Å²) in [6, 6.07) is 4.55. The van der Waals surface area contributed by atoms with E-state index in [2.05, 4.69) is 36.6 Å². The zero-order valence-electron chi connectivity index (χ0n) is 8.05. The summed E-state index contributed by atoms with van der Waals surface area (Å²) in [6.07, 6.45) is 0.185. The van der Waals surface area contributed by atoms with Crippen molar-refractivity contribution in [3.05, 3.63) is 28.2 Å². The Balaban J connectivity index is 2.85. The lowest BCUT2D eigenvalue weighted by Gasteiger charge is -2.07. The van der Waals surface area contributed by atoms with E-state index in [1.54, 1.807) is 6.07 Å². The molecule has 0 heterocycles. The number of hydrogen-bond donors (Lipinski definition) is 0. The fraction of sp³-hybridized carbons (Fsp3) is 0.300. The third-order valence-electron chi connectivity index (χ3n) is 1.71. The van der Waals surface area contributed by atoms with Crippen molar-refractivity contribution in [3.63, 3.8) is 0 Å². The number of ether oxygens (including phenoxy) is 1. The molecule has 0 radical (unpaired) electrons. The average molecular weight is 358 g/mol. The van der Waals surface area contributed by atoms with E-state index in [4.69, 9.17) is 0 Å². The van der Waals surface area contributed by atoms with Crippen molar-refractivity contribution < 1.29 is 18.3 Å². The standard InChI is InChI=1S/C10H8Br2F2O2/c11-5-8(15)2-6-1-7(12)4-9(3-6)16-10(13)14/h1,3-4,10H,2,5H2. The normalized spacial score (nSPS) is 10.6. The van der Waals surface area contributed by atoms with Crippen molar-refractivity contribution in [2.75, 3.05) is 5.33 Å². The Morgan fingerprint density at radius 3 is 2.62 bits per heavy atom. The smallest absolute Gasteiger partial charge is 0.387 e. The highest BCUT2D eigenvalue weighted by molar-refractivity contribution is 9.10. The molecule has 6 heteroatoms. The first kappa shape index (κ1) is 13.6. The third-order valence-corrected chi connectivity index (χ3v) is 2.79. The SMILES string of the molecule is O=C(CBr)Cc1cc(Br)cc(OC(F)F)c1. The number of carbonyl (C=O) groups is 1. The van der Waals surface area contributed by atoms with E-state index in [1.165, 1.54) is 12.1 Å². The van der Waals surface area contributed by atoms with Crippen LogP contribution >= 0.6 is 31.9 Å².